The molecule has 2 heteroatoms. The Morgan fingerprint density at radius 3 is 1.61 bits per heavy atom. The molecule has 12 rings (SSSR count). The maximum Gasteiger partial charge on any atom is 0.0541 e. The van der Waals surface area contributed by atoms with E-state index in [2.05, 4.69) is 264 Å². The number of hydrogen-bond acceptors (Lipinski definition) is 1. The number of fused-ring (bicyclic) bond motifs is 5. The molecule has 0 amide bonds. The molecule has 0 spiro atoms. The molecule has 0 aliphatic carbocycles. The zero-order valence-corrected chi connectivity index (χ0v) is 35.1. The Morgan fingerprint density at radius 2 is 0.797 bits per heavy atom. The molecular weight excluding hydrogens is 773 g/mol. The second kappa shape index (κ2) is 15.8. The molecule has 300 valence electrons. The molecule has 0 fully saturated rings. The van der Waals surface area contributed by atoms with Crippen molar-refractivity contribution in [3.8, 4) is 50.2 Å². The van der Waals surface area contributed by atoms with Crippen molar-refractivity contribution in [3.63, 3.8) is 0 Å². The Bertz CT molecular complexity index is 3630. The Kier molecular flexibility index (Phi) is 9.20. The number of anilines is 3. The molecule has 0 aliphatic rings. The van der Waals surface area contributed by atoms with Gasteiger partial charge in [-0.15, -0.1) is 0 Å². The van der Waals surface area contributed by atoms with Crippen LogP contribution in [0.2, 0.25) is 0 Å². The molecule has 12 aromatic rings. The highest BCUT2D eigenvalue weighted by molar-refractivity contribution is 6.10. The van der Waals surface area contributed by atoms with E-state index in [0.29, 0.717) is 0 Å². The third-order valence-corrected chi connectivity index (χ3v) is 12.8. The molecule has 0 saturated carbocycles. The fraction of sp³-hybridized carbons (Fsp3) is 0. The van der Waals surface area contributed by atoms with Crippen LogP contribution in [0.25, 0.3) is 93.5 Å². The van der Waals surface area contributed by atoms with Gasteiger partial charge >= 0.3 is 0 Å². The first-order valence-electron chi connectivity index (χ1n) is 22.0. The van der Waals surface area contributed by atoms with E-state index in [1.807, 2.05) is 0 Å². The summed E-state index contributed by atoms with van der Waals surface area (Å²) in [5.74, 6) is 0. The van der Waals surface area contributed by atoms with Crippen LogP contribution in [0, 0.1) is 0 Å². The molecule has 0 saturated heterocycles. The number of rotatable bonds is 8. The van der Waals surface area contributed by atoms with Gasteiger partial charge in [-0.05, 0) is 104 Å². The lowest BCUT2D eigenvalue weighted by Crippen LogP contribution is -2.13. The zero-order chi connectivity index (χ0) is 42.4. The highest BCUT2D eigenvalue weighted by Gasteiger charge is 2.23. The number of para-hydroxylation sites is 4. The summed E-state index contributed by atoms with van der Waals surface area (Å²) in [6.07, 6.45) is 0. The second-order valence-corrected chi connectivity index (χ2v) is 16.5. The zero-order valence-electron chi connectivity index (χ0n) is 35.1. The molecule has 2 nitrogen and oxygen atoms in total. The quantitative estimate of drug-likeness (QED) is 0.148. The smallest absolute Gasteiger partial charge is 0.0541 e. The summed E-state index contributed by atoms with van der Waals surface area (Å²) < 4.78 is 2.43. The van der Waals surface area contributed by atoms with Crippen molar-refractivity contribution in [2.24, 2.45) is 0 Å². The summed E-state index contributed by atoms with van der Waals surface area (Å²) in [5, 5.41) is 7.41. The molecule has 0 radical (unpaired) electrons. The van der Waals surface area contributed by atoms with E-state index in [4.69, 9.17) is 0 Å². The second-order valence-electron chi connectivity index (χ2n) is 16.5. The summed E-state index contributed by atoms with van der Waals surface area (Å²) in [6, 6.07) is 92.9. The average molecular weight is 815 g/mol. The van der Waals surface area contributed by atoms with E-state index in [0.717, 1.165) is 45.0 Å². The van der Waals surface area contributed by atoms with Crippen molar-refractivity contribution in [1.82, 2.24) is 4.57 Å². The Morgan fingerprint density at radius 1 is 0.266 bits per heavy atom. The van der Waals surface area contributed by atoms with Crippen LogP contribution in [0.5, 0.6) is 0 Å². The maximum atomic E-state index is 2.48. The first-order chi connectivity index (χ1) is 31.8. The van der Waals surface area contributed by atoms with Gasteiger partial charge in [0.05, 0.1) is 28.1 Å². The fourth-order valence-corrected chi connectivity index (χ4v) is 9.81. The molecule has 0 atom stereocenters. The van der Waals surface area contributed by atoms with Gasteiger partial charge in [-0.2, -0.15) is 0 Å². The van der Waals surface area contributed by atoms with Crippen LogP contribution in [0.4, 0.5) is 17.1 Å². The monoisotopic (exact) mass is 814 g/mol. The van der Waals surface area contributed by atoms with Gasteiger partial charge in [0.15, 0.2) is 0 Å². The van der Waals surface area contributed by atoms with Crippen molar-refractivity contribution in [2.75, 3.05) is 4.90 Å². The Hall–Kier alpha value is -8.46. The maximum absolute atomic E-state index is 2.48. The summed E-state index contributed by atoms with van der Waals surface area (Å²) in [7, 11) is 0. The molecular formula is C62H42N2. The minimum Gasteiger partial charge on any atom is -0.309 e. The molecule has 1 aromatic heterocycles. The SMILES string of the molecule is c1ccc(-c2cc(-c3ccccc3-n3c4ccccc4c4ccccc43)ccc2N(c2cccc(-c3cccc4ccccc34)c2)c2ccccc2-c2ccc3ccccc3c2)cc1. The van der Waals surface area contributed by atoms with Crippen LogP contribution in [0.1, 0.15) is 0 Å². The predicted molar refractivity (Wildman–Crippen MR) is 272 cm³/mol. The fourth-order valence-electron chi connectivity index (χ4n) is 9.81. The van der Waals surface area contributed by atoms with E-state index >= 15 is 0 Å². The first-order valence-corrected chi connectivity index (χ1v) is 22.0. The van der Waals surface area contributed by atoms with Crippen LogP contribution < -0.4 is 4.90 Å². The number of nitrogens with zero attached hydrogens (tertiary/aromatic N) is 2. The first kappa shape index (κ1) is 37.3. The van der Waals surface area contributed by atoms with Crippen molar-refractivity contribution in [2.45, 2.75) is 0 Å². The lowest BCUT2D eigenvalue weighted by molar-refractivity contribution is 1.18. The molecule has 64 heavy (non-hydrogen) atoms. The van der Waals surface area contributed by atoms with Crippen LogP contribution in [0.15, 0.2) is 255 Å². The lowest BCUT2D eigenvalue weighted by atomic mass is 9.93. The van der Waals surface area contributed by atoms with Crippen molar-refractivity contribution in [3.05, 3.63) is 255 Å². The number of hydrogen-bond donors (Lipinski definition) is 0. The largest absolute Gasteiger partial charge is 0.309 e. The van der Waals surface area contributed by atoms with Crippen LogP contribution >= 0.6 is 0 Å². The third kappa shape index (κ3) is 6.44. The van der Waals surface area contributed by atoms with Crippen LogP contribution in [-0.4, -0.2) is 4.57 Å². The normalized spacial score (nSPS) is 11.4. The third-order valence-electron chi connectivity index (χ3n) is 12.8. The van der Waals surface area contributed by atoms with Gasteiger partial charge in [0, 0.05) is 33.2 Å². The Labute approximate surface area is 373 Å². The number of aromatic nitrogens is 1. The number of benzene rings is 11. The Balaban J connectivity index is 1.10. The van der Waals surface area contributed by atoms with Gasteiger partial charge in [-0.1, -0.05) is 200 Å². The van der Waals surface area contributed by atoms with E-state index < -0.39 is 0 Å². The molecule has 1 heterocycles. The van der Waals surface area contributed by atoms with Gasteiger partial charge < -0.3 is 9.47 Å². The molecule has 0 aliphatic heterocycles. The van der Waals surface area contributed by atoms with Gasteiger partial charge in [-0.3, -0.25) is 0 Å². The highest BCUT2D eigenvalue weighted by atomic mass is 15.1. The van der Waals surface area contributed by atoms with E-state index in [1.165, 1.54) is 65.6 Å². The minimum atomic E-state index is 1.08. The summed E-state index contributed by atoms with van der Waals surface area (Å²) >= 11 is 0. The van der Waals surface area contributed by atoms with E-state index in [-0.39, 0.29) is 0 Å². The van der Waals surface area contributed by atoms with E-state index in [1.54, 1.807) is 0 Å². The van der Waals surface area contributed by atoms with Crippen LogP contribution in [-0.2, 0) is 0 Å². The summed E-state index contributed by atoms with van der Waals surface area (Å²) in [4.78, 5) is 2.48. The standard InChI is InChI=1S/C62H42N2/c1-2-19-45(20-3-1)57-42-49(54-28-9-13-33-59(54)64-60-34-14-10-29-55(60)56-30-11-15-35-61(56)64)38-39-62(57)63(50-25-16-24-47(41-50)52-31-17-23-44-21-6-7-26-51(44)52)58-32-12-8-27-53(58)48-37-36-43-18-4-5-22-46(43)40-48/h1-42H. The summed E-state index contributed by atoms with van der Waals surface area (Å²) in [5.41, 5.74) is 16.1. The summed E-state index contributed by atoms with van der Waals surface area (Å²) in [6.45, 7) is 0. The molecule has 0 unspecified atom stereocenters. The minimum absolute atomic E-state index is 1.08. The molecule has 11 aromatic carbocycles. The lowest BCUT2D eigenvalue weighted by Gasteiger charge is -2.31. The van der Waals surface area contributed by atoms with Gasteiger partial charge in [0.25, 0.3) is 0 Å². The van der Waals surface area contributed by atoms with Gasteiger partial charge in [-0.25, -0.2) is 0 Å². The van der Waals surface area contributed by atoms with Crippen molar-refractivity contribution < 1.29 is 0 Å². The van der Waals surface area contributed by atoms with Gasteiger partial charge in [0.2, 0.25) is 0 Å². The predicted octanol–water partition coefficient (Wildman–Crippen LogP) is 17.2. The van der Waals surface area contributed by atoms with Gasteiger partial charge in [0.1, 0.15) is 0 Å². The topological polar surface area (TPSA) is 8.17 Å². The average Bonchev–Trinajstić information content (AvgIpc) is 3.71. The van der Waals surface area contributed by atoms with E-state index in [9.17, 15) is 0 Å². The van der Waals surface area contributed by atoms with Crippen molar-refractivity contribution >= 4 is 60.4 Å². The highest BCUT2D eigenvalue weighted by Crippen LogP contribution is 2.48. The van der Waals surface area contributed by atoms with Crippen molar-refractivity contribution in [1.29, 1.82) is 0 Å². The molecule has 0 bridgehead atoms. The molecule has 0 N–H and O–H groups in total. The van der Waals surface area contributed by atoms with Crippen LogP contribution in [0.3, 0.4) is 0 Å².